The third kappa shape index (κ3) is 7.76. The molecule has 1 atom stereocenters. The summed E-state index contributed by atoms with van der Waals surface area (Å²) < 4.78 is 10.5. The monoisotopic (exact) mass is 172 g/mol. The number of hydrogen-bond acceptors (Lipinski definition) is 2. The molecule has 0 aromatic heterocycles. The molecular weight excluding hydrogens is 152 g/mol. The van der Waals surface area contributed by atoms with Crippen LogP contribution in [0.4, 0.5) is 0 Å². The zero-order chi connectivity index (χ0) is 9.23. The zero-order valence-corrected chi connectivity index (χ0v) is 8.21. The lowest BCUT2D eigenvalue weighted by Gasteiger charge is -2.10. The Morgan fingerprint density at radius 1 is 1.42 bits per heavy atom. The van der Waals surface area contributed by atoms with Crippen molar-refractivity contribution in [2.75, 3.05) is 26.4 Å². The molecule has 2 heteroatoms. The van der Waals surface area contributed by atoms with E-state index in [-0.39, 0.29) is 0 Å². The molecule has 0 saturated heterocycles. The largest absolute Gasteiger partial charge is 0.382 e. The van der Waals surface area contributed by atoms with E-state index < -0.39 is 0 Å². The molecule has 0 aromatic carbocycles. The average molecular weight is 172 g/mol. The van der Waals surface area contributed by atoms with Gasteiger partial charge < -0.3 is 9.47 Å². The summed E-state index contributed by atoms with van der Waals surface area (Å²) >= 11 is 0. The van der Waals surface area contributed by atoms with E-state index in [0.717, 1.165) is 26.2 Å². The molecule has 0 bridgehead atoms. The number of ether oxygens (including phenoxy) is 2. The minimum absolute atomic E-state index is 0.580. The summed E-state index contributed by atoms with van der Waals surface area (Å²) in [6.07, 6.45) is 2.85. The van der Waals surface area contributed by atoms with Crippen molar-refractivity contribution in [2.45, 2.75) is 20.3 Å². The third-order valence-electron chi connectivity index (χ3n) is 1.60. The van der Waals surface area contributed by atoms with Gasteiger partial charge in [0.1, 0.15) is 0 Å². The van der Waals surface area contributed by atoms with Crippen molar-refractivity contribution < 1.29 is 9.47 Å². The normalized spacial score (nSPS) is 12.8. The maximum atomic E-state index is 5.30. The second-order valence-electron chi connectivity index (χ2n) is 2.92. The lowest BCUT2D eigenvalue weighted by Crippen LogP contribution is -2.09. The van der Waals surface area contributed by atoms with Gasteiger partial charge in [0, 0.05) is 19.8 Å². The molecule has 72 valence electrons. The molecule has 0 fully saturated rings. The Labute approximate surface area is 75.6 Å². The molecule has 0 heterocycles. The van der Waals surface area contributed by atoms with Crippen molar-refractivity contribution in [1.82, 2.24) is 0 Å². The first-order valence-electron chi connectivity index (χ1n) is 4.57. The van der Waals surface area contributed by atoms with Gasteiger partial charge in [0.25, 0.3) is 0 Å². The summed E-state index contributed by atoms with van der Waals surface area (Å²) in [6.45, 7) is 10.9. The fraction of sp³-hybridized carbons (Fsp3) is 0.800. The average Bonchev–Trinajstić information content (AvgIpc) is 2.06. The summed E-state index contributed by atoms with van der Waals surface area (Å²) in [5, 5.41) is 0. The Kier molecular flexibility index (Phi) is 8.51. The van der Waals surface area contributed by atoms with Crippen LogP contribution in [0.1, 0.15) is 20.3 Å². The van der Waals surface area contributed by atoms with Crippen LogP contribution in [-0.2, 0) is 9.47 Å². The molecule has 0 N–H and O–H groups in total. The Hall–Kier alpha value is -0.340. The van der Waals surface area contributed by atoms with Gasteiger partial charge in [-0.25, -0.2) is 0 Å². The molecule has 0 aliphatic heterocycles. The van der Waals surface area contributed by atoms with E-state index in [4.69, 9.17) is 9.47 Å². The summed E-state index contributed by atoms with van der Waals surface area (Å²) in [5.74, 6) is 0.580. The lowest BCUT2D eigenvalue weighted by atomic mass is 10.1. The molecule has 0 radical (unpaired) electrons. The summed E-state index contributed by atoms with van der Waals surface area (Å²) in [7, 11) is 0. The van der Waals surface area contributed by atoms with Crippen molar-refractivity contribution in [1.29, 1.82) is 0 Å². The number of hydrogen-bond donors (Lipinski definition) is 0. The van der Waals surface area contributed by atoms with Crippen LogP contribution in [0.25, 0.3) is 0 Å². The third-order valence-corrected chi connectivity index (χ3v) is 1.60. The highest BCUT2D eigenvalue weighted by Crippen LogP contribution is 2.02. The quantitative estimate of drug-likeness (QED) is 0.413. The van der Waals surface area contributed by atoms with Gasteiger partial charge in [0.2, 0.25) is 0 Å². The minimum Gasteiger partial charge on any atom is -0.382 e. The highest BCUT2D eigenvalue weighted by atomic mass is 16.5. The van der Waals surface area contributed by atoms with Crippen molar-refractivity contribution in [2.24, 2.45) is 5.92 Å². The first-order chi connectivity index (χ1) is 5.81. The molecule has 2 nitrogen and oxygen atoms in total. The summed E-state index contributed by atoms with van der Waals surface area (Å²) in [6, 6.07) is 0. The van der Waals surface area contributed by atoms with E-state index in [1.165, 1.54) is 0 Å². The van der Waals surface area contributed by atoms with Crippen LogP contribution in [0, 0.1) is 5.92 Å². The van der Waals surface area contributed by atoms with Crippen molar-refractivity contribution >= 4 is 0 Å². The lowest BCUT2D eigenvalue weighted by molar-refractivity contribution is 0.0922. The predicted molar refractivity (Wildman–Crippen MR) is 51.3 cm³/mol. The van der Waals surface area contributed by atoms with E-state index >= 15 is 0 Å². The molecule has 1 unspecified atom stereocenters. The van der Waals surface area contributed by atoms with Gasteiger partial charge >= 0.3 is 0 Å². The maximum Gasteiger partial charge on any atom is 0.0644 e. The van der Waals surface area contributed by atoms with Gasteiger partial charge in [0.05, 0.1) is 6.61 Å². The van der Waals surface area contributed by atoms with E-state index in [9.17, 15) is 0 Å². The number of rotatable bonds is 8. The maximum absolute atomic E-state index is 5.30. The van der Waals surface area contributed by atoms with Crippen molar-refractivity contribution in [3.8, 4) is 0 Å². The molecule has 12 heavy (non-hydrogen) atoms. The van der Waals surface area contributed by atoms with Crippen LogP contribution in [-0.4, -0.2) is 26.4 Å². The minimum atomic E-state index is 0.580. The van der Waals surface area contributed by atoms with Crippen LogP contribution >= 0.6 is 0 Å². The molecule has 0 saturated carbocycles. The molecule has 0 spiro atoms. The fourth-order valence-corrected chi connectivity index (χ4v) is 0.865. The van der Waals surface area contributed by atoms with E-state index in [1.54, 1.807) is 6.08 Å². The SMILES string of the molecule is C=CCOCC(C)CCOCC. The second kappa shape index (κ2) is 8.75. The fourth-order valence-electron chi connectivity index (χ4n) is 0.865. The first kappa shape index (κ1) is 11.7. The van der Waals surface area contributed by atoms with Gasteiger partial charge in [-0.05, 0) is 19.3 Å². The van der Waals surface area contributed by atoms with Crippen LogP contribution < -0.4 is 0 Å². The van der Waals surface area contributed by atoms with Crippen LogP contribution in [0.5, 0.6) is 0 Å². The summed E-state index contributed by atoms with van der Waals surface area (Å²) in [4.78, 5) is 0. The van der Waals surface area contributed by atoms with E-state index in [0.29, 0.717) is 12.5 Å². The molecular formula is C10H20O2. The van der Waals surface area contributed by atoms with Crippen LogP contribution in [0.2, 0.25) is 0 Å². The van der Waals surface area contributed by atoms with E-state index in [2.05, 4.69) is 13.5 Å². The molecule has 0 aliphatic carbocycles. The van der Waals surface area contributed by atoms with Gasteiger partial charge in [-0.15, -0.1) is 6.58 Å². The Balaban J connectivity index is 3.09. The topological polar surface area (TPSA) is 18.5 Å². The zero-order valence-electron chi connectivity index (χ0n) is 8.21. The molecule has 0 rings (SSSR count). The highest BCUT2D eigenvalue weighted by molar-refractivity contribution is 4.64. The highest BCUT2D eigenvalue weighted by Gasteiger charge is 2.00. The van der Waals surface area contributed by atoms with Crippen molar-refractivity contribution in [3.63, 3.8) is 0 Å². The van der Waals surface area contributed by atoms with Gasteiger partial charge in [-0.1, -0.05) is 13.0 Å². The molecule has 0 aromatic rings. The smallest absolute Gasteiger partial charge is 0.0644 e. The Bertz CT molecular complexity index is 102. The Morgan fingerprint density at radius 3 is 2.75 bits per heavy atom. The van der Waals surface area contributed by atoms with Gasteiger partial charge in [0.15, 0.2) is 0 Å². The first-order valence-corrected chi connectivity index (χ1v) is 4.57. The van der Waals surface area contributed by atoms with Gasteiger partial charge in [-0.3, -0.25) is 0 Å². The predicted octanol–water partition coefficient (Wildman–Crippen LogP) is 2.25. The van der Waals surface area contributed by atoms with Crippen molar-refractivity contribution in [3.05, 3.63) is 12.7 Å². The molecule has 0 amide bonds. The van der Waals surface area contributed by atoms with Gasteiger partial charge in [-0.2, -0.15) is 0 Å². The Morgan fingerprint density at radius 2 is 2.17 bits per heavy atom. The molecule has 0 aliphatic rings. The second-order valence-corrected chi connectivity index (χ2v) is 2.92. The van der Waals surface area contributed by atoms with Crippen LogP contribution in [0.3, 0.4) is 0 Å². The summed E-state index contributed by atoms with van der Waals surface area (Å²) in [5.41, 5.74) is 0. The standard InChI is InChI=1S/C10H20O2/c1-4-7-12-9-10(3)6-8-11-5-2/h4,10H,1,5-9H2,2-3H3. The van der Waals surface area contributed by atoms with E-state index in [1.807, 2.05) is 6.92 Å². The van der Waals surface area contributed by atoms with Crippen LogP contribution in [0.15, 0.2) is 12.7 Å².